The minimum absolute atomic E-state index is 0.328. The van der Waals surface area contributed by atoms with Crippen molar-refractivity contribution >= 4 is 29.4 Å². The zero-order valence-corrected chi connectivity index (χ0v) is 23.1. The van der Waals surface area contributed by atoms with E-state index < -0.39 is 18.0 Å². The first-order valence-corrected chi connectivity index (χ1v) is 14.2. The summed E-state index contributed by atoms with van der Waals surface area (Å²) >= 11 is 1.59. The van der Waals surface area contributed by atoms with Gasteiger partial charge in [-0.15, -0.1) is 0 Å². The van der Waals surface area contributed by atoms with E-state index in [0.717, 1.165) is 22.4 Å². The molecule has 39 heavy (non-hydrogen) atoms. The molecule has 1 atom stereocenters. The highest BCUT2D eigenvalue weighted by Crippen LogP contribution is 2.30. The lowest BCUT2D eigenvalue weighted by atomic mass is 9.94. The van der Waals surface area contributed by atoms with Crippen molar-refractivity contribution in [3.05, 3.63) is 120 Å². The van der Waals surface area contributed by atoms with E-state index in [-0.39, 0.29) is 0 Å². The fourth-order valence-corrected chi connectivity index (χ4v) is 4.84. The van der Waals surface area contributed by atoms with Crippen molar-refractivity contribution in [2.45, 2.75) is 32.5 Å². The minimum Gasteiger partial charge on any atom is -0.388 e. The lowest BCUT2D eigenvalue weighted by molar-refractivity contribution is -0.139. The number of rotatable bonds is 11. The Labute approximate surface area is 234 Å². The van der Waals surface area contributed by atoms with E-state index in [1.807, 2.05) is 86.1 Å². The van der Waals surface area contributed by atoms with Gasteiger partial charge < -0.3 is 15.4 Å². The molecule has 1 aromatic heterocycles. The van der Waals surface area contributed by atoms with Gasteiger partial charge in [0.2, 0.25) is 0 Å². The zero-order chi connectivity index (χ0) is 27.6. The van der Waals surface area contributed by atoms with Gasteiger partial charge in [-0.25, -0.2) is 9.59 Å². The van der Waals surface area contributed by atoms with E-state index >= 15 is 0 Å². The Kier molecular flexibility index (Phi) is 9.89. The van der Waals surface area contributed by atoms with Gasteiger partial charge in [0.05, 0.1) is 17.4 Å². The van der Waals surface area contributed by atoms with Gasteiger partial charge in [0, 0.05) is 19.3 Å². The third-order valence-electron chi connectivity index (χ3n) is 6.47. The summed E-state index contributed by atoms with van der Waals surface area (Å²) in [5.41, 5.74) is 12.1. The summed E-state index contributed by atoms with van der Waals surface area (Å²) in [5.74, 6) is -0.693. The second-order valence-corrected chi connectivity index (χ2v) is 10.3. The van der Waals surface area contributed by atoms with Gasteiger partial charge in [0.1, 0.15) is 6.04 Å². The molecule has 7 heteroatoms. The van der Waals surface area contributed by atoms with Crippen LogP contribution in [0.4, 0.5) is 5.69 Å². The average Bonchev–Trinajstić information content (AvgIpc) is 2.96. The van der Waals surface area contributed by atoms with E-state index in [9.17, 15) is 9.59 Å². The van der Waals surface area contributed by atoms with Gasteiger partial charge in [0.25, 0.3) is 0 Å². The van der Waals surface area contributed by atoms with Crippen LogP contribution >= 0.6 is 11.8 Å². The molecule has 0 aliphatic rings. The molecular weight excluding hydrogens is 506 g/mol. The molecule has 1 heterocycles. The molecule has 4 rings (SSSR count). The Morgan fingerprint density at radius 3 is 2.38 bits per heavy atom. The van der Waals surface area contributed by atoms with Crippen molar-refractivity contribution in [2.24, 2.45) is 5.73 Å². The highest BCUT2D eigenvalue weighted by molar-refractivity contribution is 7.98. The SMILES string of the molecule is CSCC[C@H](N)C(=O)OC(=O)c1ccc(CN(Cc2ccccc2)c2cccnc2)cc1-c1ccccc1C. The summed E-state index contributed by atoms with van der Waals surface area (Å²) in [5, 5.41) is 0. The van der Waals surface area contributed by atoms with E-state index in [4.69, 9.17) is 10.5 Å². The Balaban J connectivity index is 1.67. The minimum atomic E-state index is -0.839. The Hall–Kier alpha value is -3.94. The number of ether oxygens (including phenoxy) is 1. The summed E-state index contributed by atoms with van der Waals surface area (Å²) in [6.45, 7) is 3.28. The zero-order valence-electron chi connectivity index (χ0n) is 22.2. The van der Waals surface area contributed by atoms with Gasteiger partial charge >= 0.3 is 11.9 Å². The molecule has 3 aromatic carbocycles. The van der Waals surface area contributed by atoms with Crippen LogP contribution in [-0.4, -0.2) is 35.0 Å². The van der Waals surface area contributed by atoms with Crippen molar-refractivity contribution in [3.63, 3.8) is 0 Å². The normalized spacial score (nSPS) is 11.6. The van der Waals surface area contributed by atoms with Crippen LogP contribution in [0.2, 0.25) is 0 Å². The molecule has 0 unspecified atom stereocenters. The number of nitrogens with two attached hydrogens (primary N) is 1. The van der Waals surface area contributed by atoms with Gasteiger partial charge in [-0.1, -0.05) is 60.7 Å². The molecule has 0 radical (unpaired) electrons. The smallest absolute Gasteiger partial charge is 0.346 e. The van der Waals surface area contributed by atoms with Gasteiger partial charge in [-0.05, 0) is 77.4 Å². The van der Waals surface area contributed by atoms with Crippen LogP contribution in [0.5, 0.6) is 0 Å². The Morgan fingerprint density at radius 1 is 0.923 bits per heavy atom. The monoisotopic (exact) mass is 539 g/mol. The number of aryl methyl sites for hydroxylation is 1. The van der Waals surface area contributed by atoms with Crippen LogP contribution < -0.4 is 10.6 Å². The lowest BCUT2D eigenvalue weighted by Gasteiger charge is -2.25. The molecule has 0 spiro atoms. The summed E-state index contributed by atoms with van der Waals surface area (Å²) in [6, 6.07) is 26.9. The van der Waals surface area contributed by atoms with Crippen molar-refractivity contribution < 1.29 is 14.3 Å². The number of aromatic nitrogens is 1. The molecule has 2 N–H and O–H groups in total. The molecule has 0 fully saturated rings. The molecule has 0 aliphatic carbocycles. The number of nitrogens with zero attached hydrogens (tertiary/aromatic N) is 2. The predicted molar refractivity (Wildman–Crippen MR) is 159 cm³/mol. The molecule has 6 nitrogen and oxygen atoms in total. The summed E-state index contributed by atoms with van der Waals surface area (Å²) < 4.78 is 5.24. The van der Waals surface area contributed by atoms with Crippen molar-refractivity contribution in [1.29, 1.82) is 0 Å². The van der Waals surface area contributed by atoms with Gasteiger partial charge in [0.15, 0.2) is 0 Å². The first kappa shape index (κ1) is 28.1. The maximum atomic E-state index is 13.2. The van der Waals surface area contributed by atoms with Gasteiger partial charge in [-0.2, -0.15) is 11.8 Å². The molecule has 0 aliphatic heterocycles. The number of hydrogen-bond donors (Lipinski definition) is 1. The molecule has 200 valence electrons. The Bertz CT molecular complexity index is 1400. The fraction of sp³-hybridized carbons (Fsp3) is 0.219. The number of thioether (sulfide) groups is 1. The molecule has 4 aromatic rings. The van der Waals surface area contributed by atoms with Crippen LogP contribution in [0.3, 0.4) is 0 Å². The molecule has 0 saturated heterocycles. The topological polar surface area (TPSA) is 85.5 Å². The third-order valence-corrected chi connectivity index (χ3v) is 7.11. The highest BCUT2D eigenvalue weighted by Gasteiger charge is 2.23. The highest BCUT2D eigenvalue weighted by atomic mass is 32.2. The number of pyridine rings is 1. The summed E-state index contributed by atoms with van der Waals surface area (Å²) in [6.07, 6.45) is 6.00. The van der Waals surface area contributed by atoms with Crippen molar-refractivity contribution in [2.75, 3.05) is 16.9 Å². The quantitative estimate of drug-likeness (QED) is 0.184. The largest absolute Gasteiger partial charge is 0.388 e. The number of carbonyl (C=O) groups excluding carboxylic acids is 2. The Morgan fingerprint density at radius 2 is 1.67 bits per heavy atom. The molecular formula is C32H33N3O3S. The standard InChI is InChI=1S/C32H33N3O3S/c1-23-9-6-7-13-27(23)29-19-25(14-15-28(29)31(36)38-32(37)30(33)16-18-39-2)22-35(26-12-8-17-34-20-26)21-24-10-4-3-5-11-24/h3-15,17,19-20,30H,16,18,21-22,33H2,1-2H3/t30-/m0/s1. The fourth-order valence-electron chi connectivity index (χ4n) is 4.35. The lowest BCUT2D eigenvalue weighted by Crippen LogP contribution is -2.34. The number of carbonyl (C=O) groups is 2. The maximum Gasteiger partial charge on any atom is 0.346 e. The second kappa shape index (κ2) is 13.7. The number of benzene rings is 3. The van der Waals surface area contributed by atoms with E-state index in [0.29, 0.717) is 36.4 Å². The number of esters is 2. The van der Waals surface area contributed by atoms with Crippen LogP contribution in [-0.2, 0) is 22.6 Å². The van der Waals surface area contributed by atoms with E-state index in [1.54, 1.807) is 24.0 Å². The van der Waals surface area contributed by atoms with E-state index in [1.165, 1.54) is 5.56 Å². The van der Waals surface area contributed by atoms with Crippen LogP contribution in [0.15, 0.2) is 97.3 Å². The molecule has 0 amide bonds. The van der Waals surface area contributed by atoms with Crippen LogP contribution in [0, 0.1) is 6.92 Å². The number of anilines is 1. The number of hydrogen-bond acceptors (Lipinski definition) is 7. The summed E-state index contributed by atoms with van der Waals surface area (Å²) in [4.78, 5) is 32.3. The first-order chi connectivity index (χ1) is 19.0. The van der Waals surface area contributed by atoms with Crippen molar-refractivity contribution in [3.8, 4) is 11.1 Å². The van der Waals surface area contributed by atoms with Crippen molar-refractivity contribution in [1.82, 2.24) is 4.98 Å². The second-order valence-electron chi connectivity index (χ2n) is 9.34. The summed E-state index contributed by atoms with van der Waals surface area (Å²) in [7, 11) is 0. The molecule has 0 saturated carbocycles. The average molecular weight is 540 g/mol. The van der Waals surface area contributed by atoms with Gasteiger partial charge in [-0.3, -0.25) is 4.98 Å². The third kappa shape index (κ3) is 7.56. The maximum absolute atomic E-state index is 13.2. The first-order valence-electron chi connectivity index (χ1n) is 12.8. The van der Waals surface area contributed by atoms with Crippen LogP contribution in [0.1, 0.15) is 33.5 Å². The molecule has 0 bridgehead atoms. The van der Waals surface area contributed by atoms with Crippen LogP contribution in [0.25, 0.3) is 11.1 Å². The predicted octanol–water partition coefficient (Wildman–Crippen LogP) is 6.03. The van der Waals surface area contributed by atoms with E-state index in [2.05, 4.69) is 22.0 Å².